The molecule has 2 aromatic carbocycles. The minimum Gasteiger partial charge on any atom is -0.497 e. The van der Waals surface area contributed by atoms with Gasteiger partial charge in [0.25, 0.3) is 0 Å². The summed E-state index contributed by atoms with van der Waals surface area (Å²) in [6.45, 7) is 1.58. The smallest absolute Gasteiger partial charge is 0.335 e. The van der Waals surface area contributed by atoms with Crippen molar-refractivity contribution < 1.29 is 14.6 Å². The lowest BCUT2D eigenvalue weighted by atomic mass is 9.64. The highest BCUT2D eigenvalue weighted by Gasteiger charge is 2.38. The van der Waals surface area contributed by atoms with Gasteiger partial charge in [-0.1, -0.05) is 30.7 Å². The van der Waals surface area contributed by atoms with Gasteiger partial charge in [-0.2, -0.15) is 0 Å². The molecule has 0 spiro atoms. The zero-order chi connectivity index (χ0) is 17.0. The predicted octanol–water partition coefficient (Wildman–Crippen LogP) is 3.60. The van der Waals surface area contributed by atoms with Crippen molar-refractivity contribution >= 4 is 5.97 Å². The molecule has 0 aromatic heterocycles. The van der Waals surface area contributed by atoms with E-state index in [2.05, 4.69) is 17.4 Å². The lowest BCUT2D eigenvalue weighted by Gasteiger charge is -2.43. The maximum absolute atomic E-state index is 11.0. The Hall–Kier alpha value is -2.33. The average Bonchev–Trinajstić information content (AvgIpc) is 2.58. The van der Waals surface area contributed by atoms with Gasteiger partial charge in [0.05, 0.1) is 12.7 Å². The van der Waals surface area contributed by atoms with Crippen LogP contribution in [0.15, 0.2) is 48.5 Å². The molecule has 1 aliphatic rings. The molecule has 0 amide bonds. The van der Waals surface area contributed by atoms with Crippen molar-refractivity contribution in [3.63, 3.8) is 0 Å². The van der Waals surface area contributed by atoms with Crippen LogP contribution in [0.5, 0.6) is 5.75 Å². The third-order valence-corrected chi connectivity index (χ3v) is 4.98. The normalized spacial score (nSPS) is 15.5. The fourth-order valence-electron chi connectivity index (χ4n) is 3.38. The number of benzene rings is 2. The molecule has 1 aliphatic carbocycles. The van der Waals surface area contributed by atoms with E-state index in [0.717, 1.165) is 17.9 Å². The lowest BCUT2D eigenvalue weighted by Crippen LogP contribution is -2.43. The molecule has 24 heavy (non-hydrogen) atoms. The molecule has 1 fully saturated rings. The number of ether oxygens (including phenoxy) is 1. The van der Waals surface area contributed by atoms with Gasteiger partial charge in [-0.25, -0.2) is 4.79 Å². The van der Waals surface area contributed by atoms with Crippen molar-refractivity contribution in [1.29, 1.82) is 0 Å². The summed E-state index contributed by atoms with van der Waals surface area (Å²) in [5.74, 6) is -0.00258. The number of aromatic carboxylic acids is 1. The molecule has 1 saturated carbocycles. The van der Waals surface area contributed by atoms with E-state index in [9.17, 15) is 4.79 Å². The first-order valence-electron chi connectivity index (χ1n) is 8.30. The highest BCUT2D eigenvalue weighted by molar-refractivity contribution is 5.87. The van der Waals surface area contributed by atoms with Crippen molar-refractivity contribution in [2.75, 3.05) is 13.7 Å². The van der Waals surface area contributed by atoms with E-state index in [-0.39, 0.29) is 5.41 Å². The van der Waals surface area contributed by atoms with Crippen molar-refractivity contribution in [2.45, 2.75) is 31.2 Å². The topological polar surface area (TPSA) is 58.6 Å². The highest BCUT2D eigenvalue weighted by atomic mass is 16.5. The number of nitrogens with one attached hydrogen (secondary N) is 1. The number of hydrogen-bond acceptors (Lipinski definition) is 3. The molecule has 0 bridgehead atoms. The first kappa shape index (κ1) is 16.5. The lowest BCUT2D eigenvalue weighted by molar-refractivity contribution is 0.0696. The van der Waals surface area contributed by atoms with Crippen LogP contribution >= 0.6 is 0 Å². The largest absolute Gasteiger partial charge is 0.497 e. The second kappa shape index (κ2) is 7.05. The Labute approximate surface area is 142 Å². The monoisotopic (exact) mass is 325 g/mol. The van der Waals surface area contributed by atoms with Gasteiger partial charge >= 0.3 is 5.97 Å². The minimum atomic E-state index is -0.884. The van der Waals surface area contributed by atoms with E-state index in [1.165, 1.54) is 24.8 Å². The minimum absolute atomic E-state index is 0.191. The molecule has 0 heterocycles. The average molecular weight is 325 g/mol. The van der Waals surface area contributed by atoms with Crippen molar-refractivity contribution in [1.82, 2.24) is 5.32 Å². The van der Waals surface area contributed by atoms with Crippen LogP contribution < -0.4 is 10.1 Å². The Kier molecular flexibility index (Phi) is 4.86. The van der Waals surface area contributed by atoms with Gasteiger partial charge in [0.15, 0.2) is 0 Å². The molecule has 0 aliphatic heterocycles. The fraction of sp³-hybridized carbons (Fsp3) is 0.350. The van der Waals surface area contributed by atoms with Gasteiger partial charge in [0, 0.05) is 18.5 Å². The van der Waals surface area contributed by atoms with E-state index in [0.29, 0.717) is 12.1 Å². The fourth-order valence-corrected chi connectivity index (χ4v) is 3.38. The number of methoxy groups -OCH3 is 1. The maximum atomic E-state index is 11.0. The third kappa shape index (κ3) is 3.44. The van der Waals surface area contributed by atoms with E-state index in [1.807, 2.05) is 18.2 Å². The Morgan fingerprint density at radius 3 is 2.54 bits per heavy atom. The molecule has 126 valence electrons. The van der Waals surface area contributed by atoms with Crippen LogP contribution in [0.4, 0.5) is 0 Å². The number of hydrogen-bond donors (Lipinski definition) is 2. The standard InChI is InChI=1S/C20H23NO3/c1-24-18-8-6-17(7-9-18)20(10-3-11-20)14-21-13-15-4-2-5-16(12-15)19(22)23/h2,4-9,12,21H,3,10-11,13-14H2,1H3,(H,22,23). The molecule has 2 N–H and O–H groups in total. The van der Waals surface area contributed by atoms with E-state index in [1.54, 1.807) is 25.3 Å². The molecule has 0 atom stereocenters. The molecule has 0 radical (unpaired) electrons. The van der Waals surface area contributed by atoms with Gasteiger partial charge in [-0.05, 0) is 48.2 Å². The van der Waals surface area contributed by atoms with Gasteiger partial charge in [0.2, 0.25) is 0 Å². The Morgan fingerprint density at radius 1 is 1.21 bits per heavy atom. The summed E-state index contributed by atoms with van der Waals surface area (Å²) >= 11 is 0. The van der Waals surface area contributed by atoms with Crippen LogP contribution in [-0.4, -0.2) is 24.7 Å². The first-order chi connectivity index (χ1) is 11.6. The van der Waals surface area contributed by atoms with Gasteiger partial charge in [0.1, 0.15) is 5.75 Å². The van der Waals surface area contributed by atoms with Gasteiger partial charge < -0.3 is 15.2 Å². The van der Waals surface area contributed by atoms with Crippen molar-refractivity contribution in [3.05, 3.63) is 65.2 Å². The molecule has 0 unspecified atom stereocenters. The first-order valence-corrected chi connectivity index (χ1v) is 8.30. The third-order valence-electron chi connectivity index (χ3n) is 4.98. The molecule has 4 heteroatoms. The summed E-state index contributed by atoms with van der Waals surface area (Å²) in [6.07, 6.45) is 3.62. The molecular weight excluding hydrogens is 302 g/mol. The van der Waals surface area contributed by atoms with E-state index >= 15 is 0 Å². The zero-order valence-electron chi connectivity index (χ0n) is 13.9. The zero-order valence-corrected chi connectivity index (χ0v) is 13.9. The van der Waals surface area contributed by atoms with Crippen LogP contribution in [0.1, 0.15) is 40.7 Å². The molecular formula is C20H23NO3. The van der Waals surface area contributed by atoms with E-state index in [4.69, 9.17) is 9.84 Å². The van der Waals surface area contributed by atoms with Crippen molar-refractivity contribution in [2.24, 2.45) is 0 Å². The quantitative estimate of drug-likeness (QED) is 0.816. The van der Waals surface area contributed by atoms with Gasteiger partial charge in [-0.3, -0.25) is 0 Å². The van der Waals surface area contributed by atoms with Crippen LogP contribution in [0, 0.1) is 0 Å². The summed E-state index contributed by atoms with van der Waals surface area (Å²) in [5, 5.41) is 12.6. The molecule has 3 rings (SSSR count). The number of carbonyl (C=O) groups is 1. The van der Waals surface area contributed by atoms with E-state index < -0.39 is 5.97 Å². The summed E-state index contributed by atoms with van der Waals surface area (Å²) in [5.41, 5.74) is 2.87. The second-order valence-electron chi connectivity index (χ2n) is 6.47. The maximum Gasteiger partial charge on any atom is 0.335 e. The number of carboxylic acids is 1. The second-order valence-corrected chi connectivity index (χ2v) is 6.47. The summed E-state index contributed by atoms with van der Waals surface area (Å²) in [6, 6.07) is 15.5. The predicted molar refractivity (Wildman–Crippen MR) is 93.6 cm³/mol. The molecule has 2 aromatic rings. The van der Waals surface area contributed by atoms with Crippen LogP contribution in [0.3, 0.4) is 0 Å². The Bertz CT molecular complexity index is 705. The van der Waals surface area contributed by atoms with Gasteiger partial charge in [-0.15, -0.1) is 0 Å². The Morgan fingerprint density at radius 2 is 1.96 bits per heavy atom. The van der Waals surface area contributed by atoms with Crippen LogP contribution in [0.2, 0.25) is 0 Å². The van der Waals surface area contributed by atoms with Crippen LogP contribution in [0.25, 0.3) is 0 Å². The van der Waals surface area contributed by atoms with Crippen molar-refractivity contribution in [3.8, 4) is 5.75 Å². The SMILES string of the molecule is COc1ccc(C2(CNCc3cccc(C(=O)O)c3)CCC2)cc1. The number of rotatable bonds is 7. The summed E-state index contributed by atoms with van der Waals surface area (Å²) < 4.78 is 5.24. The molecule has 4 nitrogen and oxygen atoms in total. The van der Waals surface area contributed by atoms with Crippen LogP contribution in [-0.2, 0) is 12.0 Å². The Balaban J connectivity index is 1.63. The highest BCUT2D eigenvalue weighted by Crippen LogP contribution is 2.43. The summed E-state index contributed by atoms with van der Waals surface area (Å²) in [4.78, 5) is 11.0. The summed E-state index contributed by atoms with van der Waals surface area (Å²) in [7, 11) is 1.68. The number of carboxylic acid groups (broad SMARTS) is 1. The molecule has 0 saturated heterocycles.